The quantitative estimate of drug-likeness (QED) is 0.658. The van der Waals surface area contributed by atoms with Crippen LogP contribution in [0.4, 0.5) is 0 Å². The van der Waals surface area contributed by atoms with Gasteiger partial charge in [-0.15, -0.1) is 6.42 Å². The molecule has 0 radical (unpaired) electrons. The fraction of sp³-hybridized carbons (Fsp3) is 0.818. The van der Waals surface area contributed by atoms with Crippen LogP contribution in [0, 0.1) is 12.3 Å². The predicted molar refractivity (Wildman–Crippen MR) is 58.2 cm³/mol. The van der Waals surface area contributed by atoms with Gasteiger partial charge in [0.2, 0.25) is 0 Å². The number of hydrogen-bond donors (Lipinski definition) is 1. The van der Waals surface area contributed by atoms with E-state index >= 15 is 0 Å². The van der Waals surface area contributed by atoms with Gasteiger partial charge in [-0.2, -0.15) is 0 Å². The summed E-state index contributed by atoms with van der Waals surface area (Å²) in [4.78, 5) is 2.28. The monoisotopic (exact) mass is 196 g/mol. The van der Waals surface area contributed by atoms with Gasteiger partial charge in [0, 0.05) is 19.6 Å². The summed E-state index contributed by atoms with van der Waals surface area (Å²) in [6.45, 7) is 7.64. The number of ether oxygens (including phenoxy) is 1. The molecule has 1 aliphatic heterocycles. The van der Waals surface area contributed by atoms with E-state index in [2.05, 4.69) is 23.2 Å². The molecule has 3 heteroatoms. The first-order valence-corrected chi connectivity index (χ1v) is 5.06. The van der Waals surface area contributed by atoms with E-state index in [1.807, 2.05) is 13.8 Å². The van der Waals surface area contributed by atoms with Crippen molar-refractivity contribution < 1.29 is 4.74 Å². The number of nitrogens with zero attached hydrogens (tertiary/aromatic N) is 1. The van der Waals surface area contributed by atoms with Crippen molar-refractivity contribution in [2.45, 2.75) is 25.5 Å². The standard InChI is InChI=1S/C11H20N2O/c1-5-11(2,3)12-8-10-9-13(4)6-7-14-10/h1,10,12H,6-9H2,2-4H3. The van der Waals surface area contributed by atoms with Crippen molar-refractivity contribution in [2.75, 3.05) is 33.3 Å². The summed E-state index contributed by atoms with van der Waals surface area (Å²) in [5.41, 5.74) is -0.237. The van der Waals surface area contributed by atoms with Gasteiger partial charge < -0.3 is 9.64 Å². The Kier molecular flexibility index (Phi) is 3.94. The number of terminal acetylenes is 1. The Morgan fingerprint density at radius 1 is 1.64 bits per heavy atom. The van der Waals surface area contributed by atoms with Crippen LogP contribution in [0.3, 0.4) is 0 Å². The molecule has 0 bridgehead atoms. The average molecular weight is 196 g/mol. The maximum Gasteiger partial charge on any atom is 0.0827 e. The lowest BCUT2D eigenvalue weighted by atomic mass is 10.1. The molecule has 80 valence electrons. The lowest BCUT2D eigenvalue weighted by molar-refractivity contribution is -0.0198. The summed E-state index contributed by atoms with van der Waals surface area (Å²) in [7, 11) is 2.11. The molecule has 1 fully saturated rings. The van der Waals surface area contributed by atoms with E-state index in [0.717, 1.165) is 26.2 Å². The SMILES string of the molecule is C#CC(C)(C)NCC1CN(C)CCO1. The third-order valence-corrected chi connectivity index (χ3v) is 2.47. The zero-order valence-electron chi connectivity index (χ0n) is 9.34. The Labute approximate surface area is 86.8 Å². The third kappa shape index (κ3) is 3.67. The van der Waals surface area contributed by atoms with Gasteiger partial charge in [-0.05, 0) is 20.9 Å². The molecule has 0 aromatic heterocycles. The normalized spacial score (nSPS) is 24.6. The van der Waals surface area contributed by atoms with Crippen molar-refractivity contribution in [3.8, 4) is 12.3 Å². The molecule has 0 aromatic carbocycles. The van der Waals surface area contributed by atoms with Gasteiger partial charge in [-0.25, -0.2) is 0 Å². The van der Waals surface area contributed by atoms with Crippen molar-refractivity contribution in [2.24, 2.45) is 0 Å². The van der Waals surface area contributed by atoms with Crippen LogP contribution >= 0.6 is 0 Å². The van der Waals surface area contributed by atoms with Crippen molar-refractivity contribution >= 4 is 0 Å². The Balaban J connectivity index is 2.28. The molecule has 0 amide bonds. The minimum atomic E-state index is -0.237. The van der Waals surface area contributed by atoms with E-state index in [-0.39, 0.29) is 11.6 Å². The largest absolute Gasteiger partial charge is 0.374 e. The van der Waals surface area contributed by atoms with E-state index in [9.17, 15) is 0 Å². The van der Waals surface area contributed by atoms with Crippen LogP contribution < -0.4 is 5.32 Å². The van der Waals surface area contributed by atoms with Gasteiger partial charge >= 0.3 is 0 Å². The fourth-order valence-corrected chi connectivity index (χ4v) is 1.41. The molecule has 0 spiro atoms. The lowest BCUT2D eigenvalue weighted by Gasteiger charge is -2.32. The molecule has 3 nitrogen and oxygen atoms in total. The number of rotatable bonds is 3. The van der Waals surface area contributed by atoms with Crippen LogP contribution in [0.1, 0.15) is 13.8 Å². The van der Waals surface area contributed by atoms with E-state index in [4.69, 9.17) is 11.2 Å². The summed E-state index contributed by atoms with van der Waals surface area (Å²) in [5.74, 6) is 2.71. The Hall–Kier alpha value is -0.560. The Morgan fingerprint density at radius 2 is 2.36 bits per heavy atom. The van der Waals surface area contributed by atoms with Crippen LogP contribution in [-0.2, 0) is 4.74 Å². The average Bonchev–Trinajstić information content (AvgIpc) is 2.15. The highest BCUT2D eigenvalue weighted by Gasteiger charge is 2.20. The van der Waals surface area contributed by atoms with Gasteiger partial charge in [0.25, 0.3) is 0 Å². The molecule has 1 heterocycles. The van der Waals surface area contributed by atoms with Crippen LogP contribution in [0.25, 0.3) is 0 Å². The third-order valence-electron chi connectivity index (χ3n) is 2.47. The second-order valence-corrected chi connectivity index (χ2v) is 4.41. The van der Waals surface area contributed by atoms with E-state index in [0.29, 0.717) is 0 Å². The zero-order chi connectivity index (χ0) is 10.6. The number of hydrogen-bond acceptors (Lipinski definition) is 3. The molecule has 1 rings (SSSR count). The molecule has 1 N–H and O–H groups in total. The van der Waals surface area contributed by atoms with Gasteiger partial charge in [0.15, 0.2) is 0 Å². The molecule has 0 saturated carbocycles. The van der Waals surface area contributed by atoms with Crippen molar-refractivity contribution in [1.29, 1.82) is 0 Å². The topological polar surface area (TPSA) is 24.5 Å². The fourth-order valence-electron chi connectivity index (χ4n) is 1.41. The molecule has 1 atom stereocenters. The second-order valence-electron chi connectivity index (χ2n) is 4.41. The van der Waals surface area contributed by atoms with E-state index < -0.39 is 0 Å². The van der Waals surface area contributed by atoms with Crippen LogP contribution in [0.2, 0.25) is 0 Å². The number of likely N-dealkylation sites (N-methyl/N-ethyl adjacent to an activating group) is 1. The molecule has 0 aromatic rings. The molecule has 1 saturated heterocycles. The summed E-state index contributed by atoms with van der Waals surface area (Å²) in [5, 5.41) is 3.31. The second kappa shape index (κ2) is 4.79. The maximum atomic E-state index is 5.62. The molecular formula is C11H20N2O. The first-order valence-electron chi connectivity index (χ1n) is 5.06. The molecular weight excluding hydrogens is 176 g/mol. The van der Waals surface area contributed by atoms with Gasteiger partial charge in [-0.1, -0.05) is 5.92 Å². The molecule has 1 aliphatic rings. The van der Waals surface area contributed by atoms with E-state index in [1.165, 1.54) is 0 Å². The first-order chi connectivity index (χ1) is 6.53. The van der Waals surface area contributed by atoms with E-state index in [1.54, 1.807) is 0 Å². The van der Waals surface area contributed by atoms with Crippen molar-refractivity contribution in [3.63, 3.8) is 0 Å². The zero-order valence-corrected chi connectivity index (χ0v) is 9.34. The maximum absolute atomic E-state index is 5.62. The van der Waals surface area contributed by atoms with Gasteiger partial charge in [0.1, 0.15) is 0 Å². The minimum Gasteiger partial charge on any atom is -0.374 e. The molecule has 14 heavy (non-hydrogen) atoms. The number of morpholine rings is 1. The first kappa shape index (κ1) is 11.5. The minimum absolute atomic E-state index is 0.237. The summed E-state index contributed by atoms with van der Waals surface area (Å²) >= 11 is 0. The summed E-state index contributed by atoms with van der Waals surface area (Å²) in [6.07, 6.45) is 5.65. The highest BCUT2D eigenvalue weighted by Crippen LogP contribution is 2.04. The Morgan fingerprint density at radius 3 is 2.93 bits per heavy atom. The predicted octanol–water partition coefficient (Wildman–Crippen LogP) is 0.318. The lowest BCUT2D eigenvalue weighted by Crippen LogP contribution is -2.49. The van der Waals surface area contributed by atoms with Crippen molar-refractivity contribution in [1.82, 2.24) is 10.2 Å². The molecule has 0 aliphatic carbocycles. The van der Waals surface area contributed by atoms with Crippen LogP contribution in [0.5, 0.6) is 0 Å². The van der Waals surface area contributed by atoms with Gasteiger partial charge in [0.05, 0.1) is 18.2 Å². The highest BCUT2D eigenvalue weighted by molar-refractivity contribution is 5.07. The van der Waals surface area contributed by atoms with Gasteiger partial charge in [-0.3, -0.25) is 5.32 Å². The van der Waals surface area contributed by atoms with Crippen LogP contribution in [-0.4, -0.2) is 49.8 Å². The summed E-state index contributed by atoms with van der Waals surface area (Å²) < 4.78 is 5.62. The summed E-state index contributed by atoms with van der Waals surface area (Å²) in [6, 6.07) is 0. The van der Waals surface area contributed by atoms with Crippen molar-refractivity contribution in [3.05, 3.63) is 0 Å². The van der Waals surface area contributed by atoms with Crippen LogP contribution in [0.15, 0.2) is 0 Å². The Bertz CT molecular complexity index is 220. The number of nitrogens with one attached hydrogen (secondary N) is 1. The molecule has 1 unspecified atom stereocenters. The smallest absolute Gasteiger partial charge is 0.0827 e. The highest BCUT2D eigenvalue weighted by atomic mass is 16.5.